The fraction of sp³-hybridized carbons (Fsp3) is 0.500. The summed E-state index contributed by atoms with van der Waals surface area (Å²) in [4.78, 5) is 11.9. The van der Waals surface area contributed by atoms with Crippen molar-refractivity contribution in [3.05, 3.63) is 47.0 Å². The fourth-order valence-corrected chi connectivity index (χ4v) is 4.01. The molecule has 1 aromatic heterocycles. The molecule has 27 heavy (non-hydrogen) atoms. The number of guanidine groups is 1. The second-order valence-corrected chi connectivity index (χ2v) is 7.44. The van der Waals surface area contributed by atoms with Crippen molar-refractivity contribution >= 4 is 46.4 Å². The summed E-state index contributed by atoms with van der Waals surface area (Å²) in [6, 6.07) is 10.7. The summed E-state index contributed by atoms with van der Waals surface area (Å²) >= 11 is 1.76. The Balaban J connectivity index is 0.00000261. The Hall–Kier alpha value is -1.35. The third kappa shape index (κ3) is 6.64. The van der Waals surface area contributed by atoms with Crippen molar-refractivity contribution in [1.29, 1.82) is 0 Å². The molecule has 0 aliphatic carbocycles. The second kappa shape index (κ2) is 11.5. The molecule has 1 aromatic carbocycles. The van der Waals surface area contributed by atoms with E-state index in [1.807, 2.05) is 6.07 Å². The molecule has 1 saturated heterocycles. The molecule has 1 unspecified atom stereocenters. The molecular formula is C20H30IN5S. The zero-order valence-electron chi connectivity index (χ0n) is 16.1. The highest BCUT2D eigenvalue weighted by Gasteiger charge is 2.15. The van der Waals surface area contributed by atoms with Gasteiger partial charge in [0.2, 0.25) is 0 Å². The molecule has 0 spiro atoms. The third-order valence-electron chi connectivity index (χ3n) is 4.55. The zero-order valence-corrected chi connectivity index (χ0v) is 19.3. The smallest absolute Gasteiger partial charge is 0.191 e. The number of aromatic nitrogens is 1. The topological polar surface area (TPSA) is 52.6 Å². The van der Waals surface area contributed by atoms with Crippen molar-refractivity contribution in [3.8, 4) is 0 Å². The largest absolute Gasteiger partial charge is 0.357 e. The van der Waals surface area contributed by atoms with Crippen LogP contribution in [0.2, 0.25) is 0 Å². The first-order chi connectivity index (χ1) is 12.8. The minimum atomic E-state index is 0. The van der Waals surface area contributed by atoms with Crippen molar-refractivity contribution in [1.82, 2.24) is 15.6 Å². The lowest BCUT2D eigenvalue weighted by Crippen LogP contribution is -2.38. The Morgan fingerprint density at radius 2 is 2.00 bits per heavy atom. The first kappa shape index (κ1) is 21.9. The van der Waals surface area contributed by atoms with E-state index < -0.39 is 0 Å². The van der Waals surface area contributed by atoms with Crippen LogP contribution >= 0.6 is 35.3 Å². The first-order valence-electron chi connectivity index (χ1n) is 9.55. The van der Waals surface area contributed by atoms with Gasteiger partial charge in [-0.3, -0.25) is 4.99 Å². The van der Waals surface area contributed by atoms with Crippen LogP contribution in [0.25, 0.3) is 0 Å². The molecule has 2 N–H and O–H groups in total. The van der Waals surface area contributed by atoms with Gasteiger partial charge in [0.1, 0.15) is 0 Å². The van der Waals surface area contributed by atoms with Gasteiger partial charge in [0, 0.05) is 38.0 Å². The summed E-state index contributed by atoms with van der Waals surface area (Å²) < 4.78 is 0. The Bertz CT molecular complexity index is 697. The van der Waals surface area contributed by atoms with Gasteiger partial charge in [-0.1, -0.05) is 30.3 Å². The van der Waals surface area contributed by atoms with Gasteiger partial charge < -0.3 is 15.5 Å². The van der Waals surface area contributed by atoms with Gasteiger partial charge in [-0.15, -0.1) is 35.3 Å². The van der Waals surface area contributed by atoms with Gasteiger partial charge >= 0.3 is 0 Å². The summed E-state index contributed by atoms with van der Waals surface area (Å²) in [5, 5.41) is 10.2. The summed E-state index contributed by atoms with van der Waals surface area (Å²) in [7, 11) is 0. The summed E-state index contributed by atoms with van der Waals surface area (Å²) in [6.45, 7) is 8.13. The van der Waals surface area contributed by atoms with E-state index in [4.69, 9.17) is 9.98 Å². The van der Waals surface area contributed by atoms with Gasteiger partial charge in [0.05, 0.1) is 11.7 Å². The number of anilines is 1. The minimum absolute atomic E-state index is 0. The van der Waals surface area contributed by atoms with E-state index in [0.29, 0.717) is 0 Å². The number of halogens is 1. The molecule has 2 heterocycles. The quantitative estimate of drug-likeness (QED) is 0.341. The van der Waals surface area contributed by atoms with Crippen molar-refractivity contribution in [2.24, 2.45) is 4.99 Å². The van der Waals surface area contributed by atoms with Crippen LogP contribution in [-0.4, -0.2) is 37.1 Å². The van der Waals surface area contributed by atoms with Gasteiger partial charge in [-0.25, -0.2) is 4.98 Å². The highest BCUT2D eigenvalue weighted by molar-refractivity contribution is 14.0. The van der Waals surface area contributed by atoms with Crippen LogP contribution in [0.4, 0.5) is 5.13 Å². The first-order valence-corrected chi connectivity index (χ1v) is 10.4. The molecule has 3 rings (SSSR count). The standard InChI is InChI=1S/C20H29N5S.HI/c1-3-21-19(23-16(2)17-9-5-4-6-10-17)22-12-11-18-15-26-20(24-18)25-13-7-8-14-25;/h4-6,9-10,15-16H,3,7-8,11-14H2,1-2H3,(H2,21,22,23);1H. The summed E-state index contributed by atoms with van der Waals surface area (Å²) in [5.41, 5.74) is 2.40. The molecule has 0 bridgehead atoms. The van der Waals surface area contributed by atoms with Crippen molar-refractivity contribution in [2.75, 3.05) is 31.1 Å². The van der Waals surface area contributed by atoms with E-state index in [9.17, 15) is 0 Å². The highest BCUT2D eigenvalue weighted by atomic mass is 127. The van der Waals surface area contributed by atoms with Gasteiger partial charge in [-0.2, -0.15) is 0 Å². The summed E-state index contributed by atoms with van der Waals surface area (Å²) in [5.74, 6) is 0.860. The molecule has 148 valence electrons. The van der Waals surface area contributed by atoms with E-state index in [1.165, 1.54) is 23.5 Å². The molecule has 0 amide bonds. The van der Waals surface area contributed by atoms with E-state index in [0.717, 1.165) is 44.3 Å². The highest BCUT2D eigenvalue weighted by Crippen LogP contribution is 2.24. The lowest BCUT2D eigenvalue weighted by molar-refractivity contribution is 0.686. The molecule has 0 radical (unpaired) electrons. The number of nitrogens with zero attached hydrogens (tertiary/aromatic N) is 3. The summed E-state index contributed by atoms with van der Waals surface area (Å²) in [6.07, 6.45) is 3.45. The van der Waals surface area contributed by atoms with Gasteiger partial charge in [-0.05, 0) is 32.3 Å². The maximum atomic E-state index is 4.78. The van der Waals surface area contributed by atoms with E-state index >= 15 is 0 Å². The lowest BCUT2D eigenvalue weighted by atomic mass is 10.1. The number of aliphatic imine (C=N–C) groups is 1. The minimum Gasteiger partial charge on any atom is -0.357 e. The molecule has 2 aromatic rings. The monoisotopic (exact) mass is 499 g/mol. The van der Waals surface area contributed by atoms with Crippen LogP contribution < -0.4 is 15.5 Å². The molecule has 1 aliphatic rings. The maximum Gasteiger partial charge on any atom is 0.191 e. The number of hydrogen-bond donors (Lipinski definition) is 2. The van der Waals surface area contributed by atoms with E-state index in [1.54, 1.807) is 11.3 Å². The molecule has 1 aliphatic heterocycles. The zero-order chi connectivity index (χ0) is 18.2. The normalized spacial score (nSPS) is 15.3. The van der Waals surface area contributed by atoms with Gasteiger partial charge in [0.15, 0.2) is 11.1 Å². The Morgan fingerprint density at radius 3 is 2.70 bits per heavy atom. The predicted molar refractivity (Wildman–Crippen MR) is 127 cm³/mol. The lowest BCUT2D eigenvalue weighted by Gasteiger charge is -2.18. The Kier molecular flexibility index (Phi) is 9.33. The number of rotatable bonds is 7. The molecular weight excluding hydrogens is 469 g/mol. The molecule has 0 saturated carbocycles. The van der Waals surface area contributed by atoms with Crippen LogP contribution in [0, 0.1) is 0 Å². The molecule has 1 fully saturated rings. The molecule has 7 heteroatoms. The van der Waals surface area contributed by atoms with Crippen LogP contribution in [0.1, 0.15) is 44.0 Å². The molecule has 5 nitrogen and oxygen atoms in total. The fourth-order valence-electron chi connectivity index (χ4n) is 3.10. The van der Waals surface area contributed by atoms with Crippen molar-refractivity contribution in [2.45, 2.75) is 39.2 Å². The number of nitrogens with one attached hydrogen (secondary N) is 2. The third-order valence-corrected chi connectivity index (χ3v) is 5.50. The Labute approximate surface area is 183 Å². The number of benzene rings is 1. The predicted octanol–water partition coefficient (Wildman–Crippen LogP) is 4.22. The van der Waals surface area contributed by atoms with Crippen LogP contribution in [0.3, 0.4) is 0 Å². The van der Waals surface area contributed by atoms with Gasteiger partial charge in [0.25, 0.3) is 0 Å². The molecule has 1 atom stereocenters. The second-order valence-electron chi connectivity index (χ2n) is 6.60. The maximum absolute atomic E-state index is 4.78. The number of hydrogen-bond acceptors (Lipinski definition) is 4. The Morgan fingerprint density at radius 1 is 1.26 bits per heavy atom. The van der Waals surface area contributed by atoms with Crippen molar-refractivity contribution in [3.63, 3.8) is 0 Å². The van der Waals surface area contributed by atoms with Crippen LogP contribution in [0.5, 0.6) is 0 Å². The van der Waals surface area contributed by atoms with E-state index in [-0.39, 0.29) is 30.0 Å². The van der Waals surface area contributed by atoms with Crippen LogP contribution in [0.15, 0.2) is 40.7 Å². The van der Waals surface area contributed by atoms with E-state index in [2.05, 4.69) is 59.0 Å². The average Bonchev–Trinajstić information content (AvgIpc) is 3.34. The van der Waals surface area contributed by atoms with Crippen molar-refractivity contribution < 1.29 is 0 Å². The van der Waals surface area contributed by atoms with Crippen LogP contribution in [-0.2, 0) is 6.42 Å². The average molecular weight is 499 g/mol. The number of thiazole rings is 1. The SMILES string of the molecule is CCNC(=NCCc1csc(N2CCCC2)n1)NC(C)c1ccccc1.I.